The fourth-order valence-electron chi connectivity index (χ4n) is 1.79. The van der Waals surface area contributed by atoms with Gasteiger partial charge in [0.2, 0.25) is 17.6 Å². The Kier molecular flexibility index (Phi) is 5.11. The largest absolute Gasteiger partial charge is 0.415 e. The Bertz CT molecular complexity index is 850. The molecule has 0 amide bonds. The molecule has 0 unspecified atom stereocenters. The number of nitrogens with zero attached hydrogens (tertiary/aromatic N) is 5. The maximum absolute atomic E-state index is 10.8. The van der Waals surface area contributed by atoms with Gasteiger partial charge in [-0.05, 0) is 6.26 Å². The lowest BCUT2D eigenvalue weighted by molar-refractivity contribution is -0.384. The first-order chi connectivity index (χ1) is 11.7. The molecule has 11 heteroatoms. The summed E-state index contributed by atoms with van der Waals surface area (Å²) in [5.41, 5.74) is 0.490. The van der Waals surface area contributed by atoms with E-state index in [9.17, 15) is 10.1 Å². The fourth-order valence-corrected chi connectivity index (χ4v) is 2.77. The van der Waals surface area contributed by atoms with Crippen molar-refractivity contribution in [1.82, 2.24) is 20.3 Å². The maximum Gasteiger partial charge on any atom is 0.277 e. The van der Waals surface area contributed by atoms with Crippen LogP contribution in [0.2, 0.25) is 0 Å². The molecule has 0 fully saturated rings. The molecule has 3 aromatic rings. The average molecular weight is 365 g/mol. The zero-order chi connectivity index (χ0) is 16.9. The van der Waals surface area contributed by atoms with E-state index in [0.717, 1.165) is 0 Å². The summed E-state index contributed by atoms with van der Waals surface area (Å²) in [7, 11) is 0. The fraction of sp³-hybridized carbons (Fsp3) is 0.231. The minimum Gasteiger partial charge on any atom is -0.415 e. The molecule has 0 saturated heterocycles. The first-order valence-corrected chi connectivity index (χ1v) is 9.05. The van der Waals surface area contributed by atoms with Gasteiger partial charge in [0.05, 0.1) is 16.4 Å². The molecule has 0 aliphatic carbocycles. The van der Waals surface area contributed by atoms with Crippen LogP contribution >= 0.6 is 23.5 Å². The number of rotatable bonds is 7. The van der Waals surface area contributed by atoms with Gasteiger partial charge >= 0.3 is 0 Å². The zero-order valence-electron chi connectivity index (χ0n) is 12.4. The molecule has 0 radical (unpaired) electrons. The van der Waals surface area contributed by atoms with Crippen LogP contribution in [0.25, 0.3) is 11.4 Å². The lowest BCUT2D eigenvalue weighted by Crippen LogP contribution is -1.89. The molecule has 124 valence electrons. The van der Waals surface area contributed by atoms with Crippen LogP contribution in [0.1, 0.15) is 11.8 Å². The van der Waals surface area contributed by atoms with Crippen molar-refractivity contribution >= 4 is 29.2 Å². The number of nitro benzene ring substituents is 1. The number of benzene rings is 1. The standard InChI is InChI=1S/C13H11N5O4S2/c1-23-6-11-15-16-13(21-11)24-7-10-14-12(17-22-10)8-3-2-4-9(5-8)18(19)20/h2-5H,6-7H2,1H3. The SMILES string of the molecule is CSCc1nnc(SCc2nc(-c3cccc([N+](=O)[O-])c3)no2)o1. The van der Waals surface area contributed by atoms with Gasteiger partial charge in [-0.15, -0.1) is 10.2 Å². The van der Waals surface area contributed by atoms with Crippen molar-refractivity contribution in [2.75, 3.05) is 6.26 Å². The highest BCUT2D eigenvalue weighted by Crippen LogP contribution is 2.25. The van der Waals surface area contributed by atoms with Crippen molar-refractivity contribution in [2.45, 2.75) is 16.7 Å². The van der Waals surface area contributed by atoms with E-state index in [1.165, 1.54) is 23.9 Å². The van der Waals surface area contributed by atoms with E-state index >= 15 is 0 Å². The molecule has 1 aromatic carbocycles. The molecular weight excluding hydrogens is 354 g/mol. The van der Waals surface area contributed by atoms with E-state index in [1.807, 2.05) is 6.26 Å². The summed E-state index contributed by atoms with van der Waals surface area (Å²) < 4.78 is 10.6. The molecule has 24 heavy (non-hydrogen) atoms. The van der Waals surface area contributed by atoms with Gasteiger partial charge in [-0.1, -0.05) is 29.1 Å². The van der Waals surface area contributed by atoms with E-state index in [1.54, 1.807) is 23.9 Å². The predicted molar refractivity (Wildman–Crippen MR) is 87.5 cm³/mol. The van der Waals surface area contributed by atoms with Gasteiger partial charge in [0.25, 0.3) is 10.9 Å². The van der Waals surface area contributed by atoms with Gasteiger partial charge in [-0.3, -0.25) is 10.1 Å². The first kappa shape index (κ1) is 16.5. The number of hydrogen-bond acceptors (Lipinski definition) is 10. The highest BCUT2D eigenvalue weighted by atomic mass is 32.2. The van der Waals surface area contributed by atoms with E-state index < -0.39 is 4.92 Å². The van der Waals surface area contributed by atoms with Crippen molar-refractivity contribution in [3.8, 4) is 11.4 Å². The Morgan fingerprint density at radius 1 is 1.25 bits per heavy atom. The van der Waals surface area contributed by atoms with Crippen LogP contribution in [0.15, 0.2) is 38.4 Å². The van der Waals surface area contributed by atoms with Crippen LogP contribution in [0, 0.1) is 10.1 Å². The van der Waals surface area contributed by atoms with E-state index in [0.29, 0.717) is 39.9 Å². The Morgan fingerprint density at radius 2 is 2.12 bits per heavy atom. The molecule has 2 aromatic heterocycles. The van der Waals surface area contributed by atoms with Crippen molar-refractivity contribution in [3.05, 3.63) is 46.2 Å². The third-order valence-corrected chi connectivity index (χ3v) is 4.16. The molecule has 0 aliphatic rings. The summed E-state index contributed by atoms with van der Waals surface area (Å²) in [6.07, 6.45) is 1.95. The maximum atomic E-state index is 10.8. The second-order valence-corrected chi connectivity index (χ2v) is 6.30. The van der Waals surface area contributed by atoms with Gasteiger partial charge in [0.15, 0.2) is 0 Å². The van der Waals surface area contributed by atoms with Gasteiger partial charge < -0.3 is 8.94 Å². The van der Waals surface area contributed by atoms with Crippen molar-refractivity contribution < 1.29 is 13.9 Å². The highest BCUT2D eigenvalue weighted by molar-refractivity contribution is 7.98. The Morgan fingerprint density at radius 3 is 2.92 bits per heavy atom. The topological polar surface area (TPSA) is 121 Å². The summed E-state index contributed by atoms with van der Waals surface area (Å²) in [5.74, 6) is 2.25. The molecule has 0 N–H and O–H groups in total. The smallest absolute Gasteiger partial charge is 0.277 e. The van der Waals surface area contributed by atoms with Gasteiger partial charge in [0.1, 0.15) is 0 Å². The molecular formula is C13H11N5O4S2. The minimum absolute atomic E-state index is 0.0274. The van der Waals surface area contributed by atoms with E-state index in [-0.39, 0.29) is 5.69 Å². The quantitative estimate of drug-likeness (QED) is 0.350. The summed E-state index contributed by atoms with van der Waals surface area (Å²) in [5, 5.41) is 22.9. The van der Waals surface area contributed by atoms with Crippen LogP contribution in [-0.4, -0.2) is 31.5 Å². The number of thioether (sulfide) groups is 2. The number of nitro groups is 1. The van der Waals surface area contributed by atoms with Gasteiger partial charge in [0, 0.05) is 17.7 Å². The second-order valence-electron chi connectivity index (χ2n) is 4.50. The zero-order valence-corrected chi connectivity index (χ0v) is 14.0. The summed E-state index contributed by atoms with van der Waals surface area (Å²) >= 11 is 2.88. The van der Waals surface area contributed by atoms with Crippen molar-refractivity contribution in [2.24, 2.45) is 0 Å². The molecule has 9 nitrogen and oxygen atoms in total. The average Bonchev–Trinajstić information content (AvgIpc) is 3.23. The van der Waals surface area contributed by atoms with E-state index in [2.05, 4.69) is 20.3 Å². The second kappa shape index (κ2) is 7.45. The lowest BCUT2D eigenvalue weighted by atomic mass is 10.2. The summed E-state index contributed by atoms with van der Waals surface area (Å²) in [6, 6.07) is 6.06. The molecule has 3 rings (SSSR count). The molecule has 0 spiro atoms. The van der Waals surface area contributed by atoms with Crippen molar-refractivity contribution in [1.29, 1.82) is 0 Å². The van der Waals surface area contributed by atoms with E-state index in [4.69, 9.17) is 8.94 Å². The molecule has 0 saturated carbocycles. The molecule has 0 bridgehead atoms. The minimum atomic E-state index is -0.470. The number of hydrogen-bond donors (Lipinski definition) is 0. The Hall–Kier alpha value is -2.40. The number of non-ortho nitro benzene ring substituents is 1. The molecule has 2 heterocycles. The Balaban J connectivity index is 1.67. The van der Waals surface area contributed by atoms with Gasteiger partial charge in [-0.2, -0.15) is 16.7 Å². The summed E-state index contributed by atoms with van der Waals surface area (Å²) in [4.78, 5) is 14.6. The Labute approximate surface area is 144 Å². The molecule has 0 aliphatic heterocycles. The number of aromatic nitrogens is 4. The van der Waals surface area contributed by atoms with Gasteiger partial charge in [-0.25, -0.2) is 0 Å². The van der Waals surface area contributed by atoms with Crippen LogP contribution in [0.5, 0.6) is 0 Å². The normalized spacial score (nSPS) is 10.9. The third kappa shape index (κ3) is 3.92. The summed E-state index contributed by atoms with van der Waals surface area (Å²) in [6.45, 7) is 0. The van der Waals surface area contributed by atoms with Crippen LogP contribution < -0.4 is 0 Å². The highest BCUT2D eigenvalue weighted by Gasteiger charge is 2.14. The van der Waals surface area contributed by atoms with Crippen molar-refractivity contribution in [3.63, 3.8) is 0 Å². The monoisotopic (exact) mass is 365 g/mol. The van der Waals surface area contributed by atoms with Crippen LogP contribution in [0.3, 0.4) is 0 Å². The predicted octanol–water partition coefficient (Wildman–Crippen LogP) is 3.18. The van der Waals surface area contributed by atoms with Crippen LogP contribution in [0.4, 0.5) is 5.69 Å². The third-order valence-electron chi connectivity index (χ3n) is 2.82. The molecule has 0 atom stereocenters. The van der Waals surface area contributed by atoms with Crippen LogP contribution in [-0.2, 0) is 11.5 Å². The first-order valence-electron chi connectivity index (χ1n) is 6.67. The lowest BCUT2D eigenvalue weighted by Gasteiger charge is -1.94.